The number of para-hydroxylation sites is 6. The number of azo groups is 1. The van der Waals surface area contributed by atoms with Gasteiger partial charge in [-0.05, 0) is 71.8 Å². The van der Waals surface area contributed by atoms with E-state index >= 15 is 0 Å². The third kappa shape index (κ3) is 9.10. The number of H-pyrrole nitrogens is 1. The lowest BCUT2D eigenvalue weighted by Crippen LogP contribution is -2.57. The fourth-order valence-corrected chi connectivity index (χ4v) is 5.56. The molecular formula is C42H39N9O5+2. The first-order chi connectivity index (χ1) is 27.3. The molecular weight excluding hydrogens is 711 g/mol. The highest BCUT2D eigenvalue weighted by Crippen LogP contribution is 2.33. The van der Waals surface area contributed by atoms with Crippen molar-refractivity contribution in [3.05, 3.63) is 175 Å². The third-order valence-electron chi connectivity index (χ3n) is 8.40. The van der Waals surface area contributed by atoms with Crippen molar-refractivity contribution in [2.75, 3.05) is 21.5 Å². The summed E-state index contributed by atoms with van der Waals surface area (Å²) in [4.78, 5) is 36.6. The predicted molar refractivity (Wildman–Crippen MR) is 214 cm³/mol. The summed E-state index contributed by atoms with van der Waals surface area (Å²) in [5.41, 5.74) is 12.8. The number of aliphatic hydroxyl groups is 1. The number of rotatable bonds is 6. The van der Waals surface area contributed by atoms with Crippen LogP contribution in [0, 0.1) is 0 Å². The highest BCUT2D eigenvalue weighted by atomic mass is 16.3. The van der Waals surface area contributed by atoms with Crippen molar-refractivity contribution in [2.24, 2.45) is 5.11 Å². The molecule has 3 heterocycles. The normalized spacial score (nSPS) is 14.8. The quantitative estimate of drug-likeness (QED) is 0.0489. The number of anilines is 4. The number of benzene rings is 6. The van der Waals surface area contributed by atoms with Crippen LogP contribution in [0.2, 0.25) is 0 Å². The van der Waals surface area contributed by atoms with Crippen LogP contribution in [-0.4, -0.2) is 32.8 Å². The van der Waals surface area contributed by atoms with Crippen molar-refractivity contribution in [1.29, 1.82) is 0 Å². The maximum absolute atomic E-state index is 11.9. The van der Waals surface area contributed by atoms with Gasteiger partial charge in [0.05, 0.1) is 27.8 Å². The van der Waals surface area contributed by atoms with E-state index in [1.807, 2.05) is 115 Å². The molecule has 56 heavy (non-hydrogen) atoms. The fourth-order valence-electron chi connectivity index (χ4n) is 5.56. The number of quaternary nitrogens is 1. The van der Waals surface area contributed by atoms with Gasteiger partial charge in [0.25, 0.3) is 29.2 Å². The second-order valence-electron chi connectivity index (χ2n) is 12.2. The van der Waals surface area contributed by atoms with Crippen molar-refractivity contribution in [3.63, 3.8) is 0 Å². The predicted octanol–water partition coefficient (Wildman–Crippen LogP) is 4.85. The molecule has 0 fully saturated rings. The van der Waals surface area contributed by atoms with E-state index in [1.165, 1.54) is 0 Å². The minimum absolute atomic E-state index is 0.0934. The molecule has 14 heteroatoms. The van der Waals surface area contributed by atoms with Crippen molar-refractivity contribution in [2.45, 2.75) is 5.72 Å². The van der Waals surface area contributed by atoms with Gasteiger partial charge < -0.3 is 31.3 Å². The SMILES string of the molecule is O=C1Nc2ccccc2C1(O)NNc1ccccc1.O=C1Nc2ccccc2C1=O.Oc1[nH]c2ccccc2c1[NH+]=Nc1ccccc1.[NH3+]Nc1ccccc1. The number of hydrogen-bond donors (Lipinski definition) is 10. The Morgan fingerprint density at radius 2 is 1.21 bits per heavy atom. The Kier molecular flexibility index (Phi) is 12.2. The standard InChI is InChI=1S/C14H13N3O2.C14H11N3O.C8H5NO2.C6H8N2/c18-13-14(19,11-8-4-5-9-12(11)15-13)17-16-10-6-2-1-3-7-10;18-14-13(11-8-4-5-9-12(11)15-14)17-16-10-6-2-1-3-7-10;10-7-5-3-1-2-4-6(5)9-8(7)11;7-8-6-4-2-1-3-5-6/h1-9,16-17,19H,(H,15,18);1-9,15,18H;1-4H,(H,9,10,11);1-5,8H,7H2/p+2. The number of carbonyl (C=O) groups excluding carboxylic acids is 3. The molecule has 9 rings (SSSR count). The number of hydrazine groups is 1. The van der Waals surface area contributed by atoms with E-state index in [1.54, 1.807) is 48.5 Å². The number of aromatic amines is 1. The summed E-state index contributed by atoms with van der Waals surface area (Å²) in [6.45, 7) is 0. The topological polar surface area (TPSA) is 222 Å². The summed E-state index contributed by atoms with van der Waals surface area (Å²) in [5, 5.41) is 33.5. The zero-order valence-electron chi connectivity index (χ0n) is 29.9. The Balaban J connectivity index is 0.000000133. The van der Waals surface area contributed by atoms with E-state index in [-0.39, 0.29) is 5.88 Å². The number of hydrogen-bond acceptors (Lipinski definition) is 9. The van der Waals surface area contributed by atoms with E-state index in [2.05, 4.69) is 48.0 Å². The monoisotopic (exact) mass is 749 g/mol. The average molecular weight is 750 g/mol. The molecule has 7 aromatic rings. The Morgan fingerprint density at radius 3 is 1.88 bits per heavy atom. The number of aromatic nitrogens is 1. The van der Waals surface area contributed by atoms with Crippen LogP contribution in [0.3, 0.4) is 0 Å². The maximum atomic E-state index is 11.9. The molecule has 2 amide bonds. The average Bonchev–Trinajstić information content (AvgIpc) is 3.83. The molecule has 0 aliphatic carbocycles. The van der Waals surface area contributed by atoms with E-state index in [0.29, 0.717) is 28.2 Å². The number of aromatic hydroxyl groups is 1. The van der Waals surface area contributed by atoms with Crippen LogP contribution in [0.1, 0.15) is 15.9 Å². The first-order valence-electron chi connectivity index (χ1n) is 17.3. The summed E-state index contributed by atoms with van der Waals surface area (Å²) in [6, 6.07) is 50.2. The summed E-state index contributed by atoms with van der Waals surface area (Å²) >= 11 is 0. The number of fused-ring (bicyclic) bond motifs is 3. The summed E-state index contributed by atoms with van der Waals surface area (Å²) < 4.78 is 0. The minimum Gasteiger partial charge on any atom is -0.490 e. The lowest BCUT2D eigenvalue weighted by atomic mass is 10.1. The van der Waals surface area contributed by atoms with Gasteiger partial charge in [-0.1, -0.05) is 102 Å². The van der Waals surface area contributed by atoms with Crippen LogP contribution < -0.4 is 37.9 Å². The Morgan fingerprint density at radius 1 is 0.643 bits per heavy atom. The van der Waals surface area contributed by atoms with Crippen LogP contribution in [0.25, 0.3) is 10.9 Å². The maximum Gasteiger partial charge on any atom is 0.298 e. The summed E-state index contributed by atoms with van der Waals surface area (Å²) in [7, 11) is 0. The van der Waals surface area contributed by atoms with Gasteiger partial charge in [-0.3, -0.25) is 20.2 Å². The number of carbonyl (C=O) groups is 3. The van der Waals surface area contributed by atoms with E-state index < -0.39 is 23.3 Å². The lowest BCUT2D eigenvalue weighted by Gasteiger charge is -2.23. The molecule has 1 atom stereocenters. The smallest absolute Gasteiger partial charge is 0.298 e. The first kappa shape index (κ1) is 38.1. The minimum atomic E-state index is -1.77. The Bertz CT molecular complexity index is 2460. The molecule has 0 spiro atoms. The number of Topliss-reactive ketones (excluding diaryl/α,β-unsaturated/α-hetero) is 1. The van der Waals surface area contributed by atoms with Gasteiger partial charge in [-0.2, -0.15) is 5.43 Å². The van der Waals surface area contributed by atoms with Gasteiger partial charge in [-0.15, -0.1) is 0 Å². The first-order valence-corrected chi connectivity index (χ1v) is 17.3. The largest absolute Gasteiger partial charge is 0.490 e. The summed E-state index contributed by atoms with van der Waals surface area (Å²) in [6.07, 6.45) is 0. The summed E-state index contributed by atoms with van der Waals surface area (Å²) in [5.74, 6) is 2.12. The molecule has 14 nitrogen and oxygen atoms in total. The van der Waals surface area contributed by atoms with Crippen LogP contribution in [0.4, 0.5) is 34.1 Å². The molecule has 0 radical (unpaired) electrons. The van der Waals surface area contributed by atoms with Gasteiger partial charge in [0, 0.05) is 16.9 Å². The van der Waals surface area contributed by atoms with Crippen molar-refractivity contribution < 1.29 is 35.6 Å². The van der Waals surface area contributed by atoms with Gasteiger partial charge in [0.1, 0.15) is 5.69 Å². The van der Waals surface area contributed by atoms with E-state index in [0.717, 1.165) is 28.0 Å². The number of nitrogens with one attached hydrogen (secondary N) is 7. The molecule has 6 aromatic carbocycles. The molecule has 2 aliphatic rings. The fraction of sp³-hybridized carbons (Fsp3) is 0.0238. The second-order valence-corrected chi connectivity index (χ2v) is 12.2. The van der Waals surface area contributed by atoms with Gasteiger partial charge in [0.15, 0.2) is 0 Å². The van der Waals surface area contributed by atoms with Crippen LogP contribution in [0.5, 0.6) is 5.88 Å². The third-order valence-corrected chi connectivity index (χ3v) is 8.40. The number of ketones is 1. The second kappa shape index (κ2) is 17.9. The molecule has 2 aliphatic heterocycles. The van der Waals surface area contributed by atoms with Gasteiger partial charge >= 0.3 is 0 Å². The molecule has 280 valence electrons. The molecule has 0 bridgehead atoms. The van der Waals surface area contributed by atoms with Crippen LogP contribution in [-0.2, 0) is 15.3 Å². The lowest BCUT2D eigenvalue weighted by molar-refractivity contribution is -0.432. The molecule has 12 N–H and O–H groups in total. The van der Waals surface area contributed by atoms with Crippen LogP contribution in [0.15, 0.2) is 169 Å². The van der Waals surface area contributed by atoms with Crippen LogP contribution >= 0.6 is 0 Å². The van der Waals surface area contributed by atoms with Gasteiger partial charge in [-0.25, -0.2) is 5.43 Å². The van der Waals surface area contributed by atoms with Crippen molar-refractivity contribution >= 4 is 62.6 Å². The van der Waals surface area contributed by atoms with Gasteiger partial charge in [0.2, 0.25) is 5.72 Å². The Labute approximate surface area is 321 Å². The van der Waals surface area contributed by atoms with Crippen molar-refractivity contribution in [3.8, 4) is 5.88 Å². The number of nitrogens with zero attached hydrogens (tertiary/aromatic N) is 1. The molecule has 1 aromatic heterocycles. The molecule has 0 saturated carbocycles. The van der Waals surface area contributed by atoms with Crippen molar-refractivity contribution in [1.82, 2.24) is 10.4 Å². The Hall–Kier alpha value is -7.65. The highest BCUT2D eigenvalue weighted by Gasteiger charge is 2.45. The zero-order valence-corrected chi connectivity index (χ0v) is 29.9. The van der Waals surface area contributed by atoms with E-state index in [9.17, 15) is 24.6 Å². The molecule has 0 saturated heterocycles. The highest BCUT2D eigenvalue weighted by molar-refractivity contribution is 6.51. The molecule has 1 unspecified atom stereocenters. The zero-order chi connectivity index (χ0) is 39.3. The van der Waals surface area contributed by atoms with E-state index in [4.69, 9.17) is 0 Å². The number of amides is 2.